The third-order valence-electron chi connectivity index (χ3n) is 3.34. The number of nitrogens with one attached hydrogen (secondary N) is 2. The van der Waals surface area contributed by atoms with Crippen molar-refractivity contribution >= 4 is 17.7 Å². The fourth-order valence-corrected chi connectivity index (χ4v) is 1.93. The van der Waals surface area contributed by atoms with Crippen LogP contribution < -0.4 is 5.32 Å². The highest BCUT2D eigenvalue weighted by atomic mass is 19.1. The Hall–Kier alpha value is -2.96. The topological polar surface area (TPSA) is 88.3 Å². The van der Waals surface area contributed by atoms with Crippen LogP contribution in [0.5, 0.6) is 0 Å². The largest absolute Gasteiger partial charge is 0.448 e. The Balaban J connectivity index is 1.87. The second kappa shape index (κ2) is 7.54. The zero-order chi connectivity index (χ0) is 17.7. The smallest absolute Gasteiger partial charge is 0.355 e. The van der Waals surface area contributed by atoms with Crippen LogP contribution in [0.1, 0.15) is 40.3 Å². The molecule has 24 heavy (non-hydrogen) atoms. The molecule has 2 N–H and O–H groups in total. The van der Waals surface area contributed by atoms with Crippen molar-refractivity contribution in [3.63, 3.8) is 0 Å². The normalized spacial score (nSPS) is 11.6. The number of aromatic nitrogens is 1. The van der Waals surface area contributed by atoms with Crippen LogP contribution in [0.25, 0.3) is 0 Å². The first-order chi connectivity index (χ1) is 11.4. The summed E-state index contributed by atoms with van der Waals surface area (Å²) < 4.78 is 17.8. The SMILES string of the molecule is CC(=O)c1c[nH]c(C(=O)OC(C)C(=O)NCc2ccc(F)cc2)c1. The van der Waals surface area contributed by atoms with E-state index in [2.05, 4.69) is 10.3 Å². The van der Waals surface area contributed by atoms with Gasteiger partial charge in [0, 0.05) is 18.3 Å². The lowest BCUT2D eigenvalue weighted by Gasteiger charge is -2.13. The summed E-state index contributed by atoms with van der Waals surface area (Å²) in [7, 11) is 0. The summed E-state index contributed by atoms with van der Waals surface area (Å²) in [5, 5.41) is 2.60. The van der Waals surface area contributed by atoms with Crippen LogP contribution in [0.4, 0.5) is 4.39 Å². The van der Waals surface area contributed by atoms with Gasteiger partial charge in [0.15, 0.2) is 11.9 Å². The molecule has 0 spiro atoms. The van der Waals surface area contributed by atoms with E-state index in [-0.39, 0.29) is 23.8 Å². The Morgan fingerprint density at radius 1 is 1.25 bits per heavy atom. The minimum absolute atomic E-state index is 0.0957. The number of benzene rings is 1. The molecule has 2 aromatic rings. The maximum Gasteiger partial charge on any atom is 0.355 e. The lowest BCUT2D eigenvalue weighted by molar-refractivity contribution is -0.129. The van der Waals surface area contributed by atoms with Gasteiger partial charge in [0.25, 0.3) is 5.91 Å². The van der Waals surface area contributed by atoms with Crippen molar-refractivity contribution in [2.75, 3.05) is 0 Å². The summed E-state index contributed by atoms with van der Waals surface area (Å²) in [6.07, 6.45) is 0.389. The highest BCUT2D eigenvalue weighted by Gasteiger charge is 2.20. The number of ketones is 1. The number of amides is 1. The highest BCUT2D eigenvalue weighted by molar-refractivity contribution is 5.98. The molecule has 0 bridgehead atoms. The number of aromatic amines is 1. The number of Topliss-reactive ketones (excluding diaryl/α,β-unsaturated/α-hetero) is 1. The van der Waals surface area contributed by atoms with E-state index in [4.69, 9.17) is 4.74 Å². The van der Waals surface area contributed by atoms with Gasteiger partial charge in [-0.05, 0) is 37.6 Å². The van der Waals surface area contributed by atoms with Gasteiger partial charge in [-0.25, -0.2) is 9.18 Å². The molecule has 1 aromatic carbocycles. The Morgan fingerprint density at radius 3 is 2.50 bits per heavy atom. The zero-order valence-electron chi connectivity index (χ0n) is 13.3. The maximum atomic E-state index is 12.8. The second-order valence-electron chi connectivity index (χ2n) is 5.25. The average molecular weight is 332 g/mol. The molecule has 0 aliphatic carbocycles. The van der Waals surface area contributed by atoms with Crippen molar-refractivity contribution in [1.82, 2.24) is 10.3 Å². The summed E-state index contributed by atoms with van der Waals surface area (Å²) in [6, 6.07) is 7.06. The molecule has 0 saturated heterocycles. The average Bonchev–Trinajstić information content (AvgIpc) is 3.04. The van der Waals surface area contributed by atoms with E-state index in [0.717, 1.165) is 5.56 Å². The second-order valence-corrected chi connectivity index (χ2v) is 5.25. The highest BCUT2D eigenvalue weighted by Crippen LogP contribution is 2.08. The number of ether oxygens (including phenoxy) is 1. The molecular formula is C17H17FN2O4. The number of halogens is 1. The summed E-state index contributed by atoms with van der Waals surface area (Å²) in [4.78, 5) is 37.7. The summed E-state index contributed by atoms with van der Waals surface area (Å²) in [5.41, 5.74) is 1.17. The predicted octanol–water partition coefficient (Wildman–Crippen LogP) is 2.22. The van der Waals surface area contributed by atoms with Crippen molar-refractivity contribution in [3.05, 3.63) is 59.2 Å². The third kappa shape index (κ3) is 4.52. The summed E-state index contributed by atoms with van der Waals surface area (Å²) in [6.45, 7) is 3.01. The first-order valence-electron chi connectivity index (χ1n) is 7.29. The Kier molecular flexibility index (Phi) is 5.47. The quantitative estimate of drug-likeness (QED) is 0.627. The molecule has 1 unspecified atom stereocenters. The number of esters is 1. The molecule has 1 aromatic heterocycles. The molecule has 0 aliphatic rings. The van der Waals surface area contributed by atoms with E-state index >= 15 is 0 Å². The molecule has 0 saturated carbocycles. The number of hydrogen-bond acceptors (Lipinski definition) is 4. The molecule has 7 heteroatoms. The molecule has 0 radical (unpaired) electrons. The predicted molar refractivity (Wildman–Crippen MR) is 83.9 cm³/mol. The standard InChI is InChI=1S/C17H17FN2O4/c1-10(21)13-7-15(19-9-13)17(23)24-11(2)16(22)20-8-12-3-5-14(18)6-4-12/h3-7,9,11,19H,8H2,1-2H3,(H,20,22). The Bertz CT molecular complexity index is 752. The van der Waals surface area contributed by atoms with Crippen molar-refractivity contribution in [1.29, 1.82) is 0 Å². The van der Waals surface area contributed by atoms with E-state index in [1.807, 2.05) is 0 Å². The Morgan fingerprint density at radius 2 is 1.92 bits per heavy atom. The van der Waals surface area contributed by atoms with Crippen LogP contribution in [0.3, 0.4) is 0 Å². The monoisotopic (exact) mass is 332 g/mol. The molecule has 6 nitrogen and oxygen atoms in total. The van der Waals surface area contributed by atoms with Crippen LogP contribution in [-0.2, 0) is 16.1 Å². The number of carbonyl (C=O) groups is 3. The van der Waals surface area contributed by atoms with Crippen molar-refractivity contribution in [2.45, 2.75) is 26.5 Å². The van der Waals surface area contributed by atoms with Crippen molar-refractivity contribution in [2.24, 2.45) is 0 Å². The molecule has 2 rings (SSSR count). The van der Waals surface area contributed by atoms with Crippen molar-refractivity contribution < 1.29 is 23.5 Å². The first-order valence-corrected chi connectivity index (χ1v) is 7.29. The first kappa shape index (κ1) is 17.4. The number of hydrogen-bond donors (Lipinski definition) is 2. The minimum Gasteiger partial charge on any atom is -0.448 e. The van der Waals surface area contributed by atoms with E-state index in [1.165, 1.54) is 38.2 Å². The van der Waals surface area contributed by atoms with Crippen LogP contribution >= 0.6 is 0 Å². The summed E-state index contributed by atoms with van der Waals surface area (Å²) >= 11 is 0. The van der Waals surface area contributed by atoms with Gasteiger partial charge in [-0.1, -0.05) is 12.1 Å². The van der Waals surface area contributed by atoms with Crippen LogP contribution in [0, 0.1) is 5.82 Å². The Labute approximate surface area is 138 Å². The van der Waals surface area contributed by atoms with E-state index in [1.54, 1.807) is 12.1 Å². The molecular weight excluding hydrogens is 315 g/mol. The van der Waals surface area contributed by atoms with Crippen LogP contribution in [-0.4, -0.2) is 28.7 Å². The van der Waals surface area contributed by atoms with Gasteiger partial charge in [-0.3, -0.25) is 9.59 Å². The van der Waals surface area contributed by atoms with E-state index in [0.29, 0.717) is 5.56 Å². The van der Waals surface area contributed by atoms with Gasteiger partial charge in [0.1, 0.15) is 11.5 Å². The molecule has 0 fully saturated rings. The maximum absolute atomic E-state index is 12.8. The van der Waals surface area contributed by atoms with Gasteiger partial charge in [0.2, 0.25) is 0 Å². The molecule has 1 heterocycles. The van der Waals surface area contributed by atoms with E-state index < -0.39 is 18.0 Å². The molecule has 126 valence electrons. The minimum atomic E-state index is -1.01. The lowest BCUT2D eigenvalue weighted by Crippen LogP contribution is -2.35. The van der Waals surface area contributed by atoms with E-state index in [9.17, 15) is 18.8 Å². The lowest BCUT2D eigenvalue weighted by atomic mass is 10.2. The van der Waals surface area contributed by atoms with Crippen LogP contribution in [0.2, 0.25) is 0 Å². The molecule has 1 atom stereocenters. The van der Waals surface area contributed by atoms with Crippen molar-refractivity contribution in [3.8, 4) is 0 Å². The zero-order valence-corrected chi connectivity index (χ0v) is 13.3. The fourth-order valence-electron chi connectivity index (χ4n) is 1.93. The fraction of sp³-hybridized carbons (Fsp3) is 0.235. The number of H-pyrrole nitrogens is 1. The van der Waals surface area contributed by atoms with Gasteiger partial charge in [-0.15, -0.1) is 0 Å². The van der Waals surface area contributed by atoms with Gasteiger partial charge < -0.3 is 15.0 Å². The summed E-state index contributed by atoms with van der Waals surface area (Å²) in [5.74, 6) is -1.75. The number of carbonyl (C=O) groups excluding carboxylic acids is 3. The van der Waals surface area contributed by atoms with Crippen LogP contribution in [0.15, 0.2) is 36.5 Å². The molecule has 1 amide bonds. The van der Waals surface area contributed by atoms with Gasteiger partial charge in [0.05, 0.1) is 0 Å². The number of rotatable bonds is 6. The third-order valence-corrected chi connectivity index (χ3v) is 3.34. The van der Waals surface area contributed by atoms with Gasteiger partial charge in [-0.2, -0.15) is 0 Å². The van der Waals surface area contributed by atoms with Gasteiger partial charge >= 0.3 is 5.97 Å². The molecule has 0 aliphatic heterocycles.